The first kappa shape index (κ1) is 13.4. The molecule has 100 valence electrons. The lowest BCUT2D eigenvalue weighted by Gasteiger charge is -2.29. The van der Waals surface area contributed by atoms with Crippen LogP contribution in [0.3, 0.4) is 0 Å². The molecule has 1 N–H and O–H groups in total. The Bertz CT molecular complexity index is 358. The Balaban J connectivity index is 2.07. The highest BCUT2D eigenvalue weighted by Crippen LogP contribution is 2.29. The average Bonchev–Trinajstić information content (AvgIpc) is 2.46. The Labute approximate surface area is 111 Å². The third-order valence-corrected chi connectivity index (χ3v) is 3.96. The van der Waals surface area contributed by atoms with E-state index in [1.54, 1.807) is 7.11 Å². The van der Waals surface area contributed by atoms with Gasteiger partial charge in [0, 0.05) is 17.6 Å². The zero-order valence-corrected chi connectivity index (χ0v) is 11.6. The molecule has 0 heterocycles. The summed E-state index contributed by atoms with van der Waals surface area (Å²) in [5.41, 5.74) is 1.30. The summed E-state index contributed by atoms with van der Waals surface area (Å²) in [5, 5.41) is 3.82. The maximum atomic E-state index is 5.48. The van der Waals surface area contributed by atoms with Crippen LogP contribution in [-0.4, -0.2) is 13.2 Å². The van der Waals surface area contributed by atoms with Crippen LogP contribution in [0.2, 0.25) is 0 Å². The van der Waals surface area contributed by atoms with Gasteiger partial charge in [-0.2, -0.15) is 0 Å². The molecule has 1 saturated carbocycles. The Kier molecular flexibility index (Phi) is 5.06. The van der Waals surface area contributed by atoms with Gasteiger partial charge in [-0.25, -0.2) is 0 Å². The van der Waals surface area contributed by atoms with Crippen LogP contribution in [0.5, 0.6) is 5.75 Å². The lowest BCUT2D eigenvalue weighted by atomic mass is 9.93. The highest BCUT2D eigenvalue weighted by molar-refractivity contribution is 5.35. The van der Waals surface area contributed by atoms with E-state index in [1.807, 2.05) is 6.07 Å². The Morgan fingerprint density at radius 3 is 2.61 bits per heavy atom. The van der Waals surface area contributed by atoms with E-state index in [9.17, 15) is 0 Å². The monoisotopic (exact) mass is 247 g/mol. The molecule has 1 aromatic rings. The summed E-state index contributed by atoms with van der Waals surface area (Å²) in [5.74, 6) is 1.01. The lowest BCUT2D eigenvalue weighted by molar-refractivity contribution is 0.326. The molecule has 0 saturated heterocycles. The van der Waals surface area contributed by atoms with E-state index < -0.39 is 0 Å². The van der Waals surface area contributed by atoms with Crippen molar-refractivity contribution in [2.75, 3.05) is 7.11 Å². The van der Waals surface area contributed by atoms with Gasteiger partial charge in [-0.05, 0) is 25.3 Å². The minimum absolute atomic E-state index is 0.421. The van der Waals surface area contributed by atoms with Crippen LogP contribution in [-0.2, 0) is 0 Å². The summed E-state index contributed by atoms with van der Waals surface area (Å²) >= 11 is 0. The predicted molar refractivity (Wildman–Crippen MR) is 76.0 cm³/mol. The van der Waals surface area contributed by atoms with Gasteiger partial charge in [-0.1, -0.05) is 44.4 Å². The number of nitrogens with one attached hydrogen (secondary N) is 1. The quantitative estimate of drug-likeness (QED) is 0.847. The summed E-state index contributed by atoms with van der Waals surface area (Å²) in [6, 6.07) is 9.49. The second-order valence-electron chi connectivity index (χ2n) is 5.20. The highest BCUT2D eigenvalue weighted by Gasteiger charge is 2.19. The lowest BCUT2D eigenvalue weighted by Crippen LogP contribution is -2.34. The average molecular weight is 247 g/mol. The van der Waals surface area contributed by atoms with Crippen molar-refractivity contribution in [1.82, 2.24) is 5.32 Å². The van der Waals surface area contributed by atoms with Gasteiger partial charge in [0.2, 0.25) is 0 Å². The first-order chi connectivity index (χ1) is 8.85. The molecule has 1 atom stereocenters. The number of ether oxygens (including phenoxy) is 1. The molecule has 1 aliphatic carbocycles. The second-order valence-corrected chi connectivity index (χ2v) is 5.20. The number of rotatable bonds is 5. The van der Waals surface area contributed by atoms with Crippen LogP contribution in [0, 0.1) is 0 Å². The number of hydrogen-bond acceptors (Lipinski definition) is 2. The van der Waals surface area contributed by atoms with Crippen molar-refractivity contribution in [3.63, 3.8) is 0 Å². The number of para-hydroxylation sites is 1. The fourth-order valence-electron chi connectivity index (χ4n) is 2.94. The van der Waals surface area contributed by atoms with E-state index in [0.717, 1.165) is 12.2 Å². The smallest absolute Gasteiger partial charge is 0.123 e. The molecular formula is C16H25NO. The maximum absolute atomic E-state index is 5.48. The fourth-order valence-corrected chi connectivity index (χ4v) is 2.94. The van der Waals surface area contributed by atoms with Crippen molar-refractivity contribution in [2.45, 2.75) is 57.5 Å². The van der Waals surface area contributed by atoms with Gasteiger partial charge in [0.15, 0.2) is 0 Å². The molecule has 2 heteroatoms. The molecule has 2 rings (SSSR count). The summed E-state index contributed by atoms with van der Waals surface area (Å²) in [6.45, 7) is 2.24. The Hall–Kier alpha value is -1.02. The maximum Gasteiger partial charge on any atom is 0.123 e. The van der Waals surface area contributed by atoms with Crippen LogP contribution in [0.1, 0.15) is 57.1 Å². The van der Waals surface area contributed by atoms with Gasteiger partial charge in [-0.3, -0.25) is 0 Å². The van der Waals surface area contributed by atoms with E-state index in [4.69, 9.17) is 4.74 Å². The van der Waals surface area contributed by atoms with Gasteiger partial charge < -0.3 is 10.1 Å². The van der Waals surface area contributed by atoms with Crippen molar-refractivity contribution in [3.05, 3.63) is 29.8 Å². The minimum Gasteiger partial charge on any atom is -0.496 e. The number of benzene rings is 1. The van der Waals surface area contributed by atoms with Crippen LogP contribution in [0.25, 0.3) is 0 Å². The zero-order chi connectivity index (χ0) is 12.8. The summed E-state index contributed by atoms with van der Waals surface area (Å²) < 4.78 is 5.48. The van der Waals surface area contributed by atoms with E-state index in [0.29, 0.717) is 12.1 Å². The molecule has 0 radical (unpaired) electrons. The van der Waals surface area contributed by atoms with Crippen molar-refractivity contribution < 1.29 is 4.74 Å². The minimum atomic E-state index is 0.421. The van der Waals surface area contributed by atoms with Crippen molar-refractivity contribution in [3.8, 4) is 5.75 Å². The molecule has 0 amide bonds. The van der Waals surface area contributed by atoms with E-state index in [-0.39, 0.29) is 0 Å². The molecule has 1 unspecified atom stereocenters. The van der Waals surface area contributed by atoms with Crippen LogP contribution >= 0.6 is 0 Å². The van der Waals surface area contributed by atoms with Crippen molar-refractivity contribution in [2.24, 2.45) is 0 Å². The SMILES string of the molecule is CCC(NC1CCCCC1)c1ccccc1OC. The van der Waals surface area contributed by atoms with Crippen LogP contribution in [0.4, 0.5) is 0 Å². The second kappa shape index (κ2) is 6.79. The Morgan fingerprint density at radius 1 is 1.22 bits per heavy atom. The van der Waals surface area contributed by atoms with Crippen LogP contribution in [0.15, 0.2) is 24.3 Å². The predicted octanol–water partition coefficient (Wildman–Crippen LogP) is 4.07. The van der Waals surface area contributed by atoms with E-state index >= 15 is 0 Å². The topological polar surface area (TPSA) is 21.3 Å². The van der Waals surface area contributed by atoms with Crippen molar-refractivity contribution >= 4 is 0 Å². The van der Waals surface area contributed by atoms with Gasteiger partial charge in [0.25, 0.3) is 0 Å². The van der Waals surface area contributed by atoms with E-state index in [1.165, 1.54) is 37.7 Å². The highest BCUT2D eigenvalue weighted by atomic mass is 16.5. The molecule has 1 aliphatic rings. The normalized spacial score (nSPS) is 18.6. The van der Waals surface area contributed by atoms with Gasteiger partial charge >= 0.3 is 0 Å². The first-order valence-electron chi connectivity index (χ1n) is 7.24. The molecule has 0 aliphatic heterocycles. The third kappa shape index (κ3) is 3.26. The Morgan fingerprint density at radius 2 is 1.94 bits per heavy atom. The largest absolute Gasteiger partial charge is 0.496 e. The molecule has 0 bridgehead atoms. The standard InChI is InChI=1S/C16H25NO/c1-3-15(17-13-9-5-4-6-10-13)14-11-7-8-12-16(14)18-2/h7-8,11-13,15,17H,3-6,9-10H2,1-2H3. The fraction of sp³-hybridized carbons (Fsp3) is 0.625. The molecule has 0 spiro atoms. The number of methoxy groups -OCH3 is 1. The van der Waals surface area contributed by atoms with Crippen LogP contribution < -0.4 is 10.1 Å². The molecule has 0 aromatic heterocycles. The van der Waals surface area contributed by atoms with Gasteiger partial charge in [0.1, 0.15) is 5.75 Å². The molecular weight excluding hydrogens is 222 g/mol. The molecule has 1 fully saturated rings. The first-order valence-corrected chi connectivity index (χ1v) is 7.24. The van der Waals surface area contributed by atoms with Gasteiger partial charge in [0.05, 0.1) is 7.11 Å². The summed E-state index contributed by atoms with van der Waals surface area (Å²) in [6.07, 6.45) is 7.91. The summed E-state index contributed by atoms with van der Waals surface area (Å²) in [4.78, 5) is 0. The summed E-state index contributed by atoms with van der Waals surface area (Å²) in [7, 11) is 1.76. The number of hydrogen-bond donors (Lipinski definition) is 1. The zero-order valence-electron chi connectivity index (χ0n) is 11.6. The van der Waals surface area contributed by atoms with Crippen molar-refractivity contribution in [1.29, 1.82) is 0 Å². The van der Waals surface area contributed by atoms with Gasteiger partial charge in [-0.15, -0.1) is 0 Å². The van der Waals surface area contributed by atoms with E-state index in [2.05, 4.69) is 30.4 Å². The molecule has 18 heavy (non-hydrogen) atoms. The molecule has 1 aromatic carbocycles. The molecule has 2 nitrogen and oxygen atoms in total. The third-order valence-electron chi connectivity index (χ3n) is 3.96.